The van der Waals surface area contributed by atoms with Crippen LogP contribution in [0.1, 0.15) is 17.8 Å². The average Bonchev–Trinajstić information content (AvgIpc) is 3.09. The number of carbonyl (C=O) groups is 1. The van der Waals surface area contributed by atoms with Crippen LogP contribution in [0.4, 0.5) is 0 Å². The summed E-state index contributed by atoms with van der Waals surface area (Å²) in [5.41, 5.74) is 3.22. The predicted octanol–water partition coefficient (Wildman–Crippen LogP) is 4.08. The molecular formula is C24H27N3O2. The van der Waals surface area contributed by atoms with Gasteiger partial charge < -0.3 is 14.6 Å². The van der Waals surface area contributed by atoms with E-state index in [4.69, 9.17) is 9.72 Å². The zero-order valence-corrected chi connectivity index (χ0v) is 16.6. The predicted molar refractivity (Wildman–Crippen MR) is 117 cm³/mol. The quantitative estimate of drug-likeness (QED) is 0.305. The molecule has 0 aliphatic carbocycles. The lowest BCUT2D eigenvalue weighted by Crippen LogP contribution is -2.24. The van der Waals surface area contributed by atoms with Crippen molar-refractivity contribution in [3.63, 3.8) is 0 Å². The van der Waals surface area contributed by atoms with Crippen LogP contribution in [0, 0.1) is 0 Å². The van der Waals surface area contributed by atoms with Gasteiger partial charge in [0, 0.05) is 19.5 Å². The third-order valence-corrected chi connectivity index (χ3v) is 4.69. The van der Waals surface area contributed by atoms with E-state index < -0.39 is 0 Å². The van der Waals surface area contributed by atoms with Gasteiger partial charge in [0.05, 0.1) is 17.6 Å². The minimum absolute atomic E-state index is 0.167. The first kappa shape index (κ1) is 20.4. The molecule has 2 aromatic carbocycles. The summed E-state index contributed by atoms with van der Waals surface area (Å²) >= 11 is 0. The van der Waals surface area contributed by atoms with Crippen molar-refractivity contribution in [2.24, 2.45) is 0 Å². The van der Waals surface area contributed by atoms with E-state index >= 15 is 0 Å². The monoisotopic (exact) mass is 389 g/mol. The molecule has 0 saturated heterocycles. The van der Waals surface area contributed by atoms with Gasteiger partial charge in [0.1, 0.15) is 11.6 Å². The molecule has 0 spiro atoms. The summed E-state index contributed by atoms with van der Waals surface area (Å²) in [6.45, 7) is 9.23. The molecule has 0 fully saturated rings. The number of para-hydroxylation sites is 3. The smallest absolute Gasteiger partial charge is 0.243 e. The molecule has 1 aromatic heterocycles. The lowest BCUT2D eigenvalue weighted by molar-refractivity contribution is -0.116. The summed E-state index contributed by atoms with van der Waals surface area (Å²) < 4.78 is 8.23. The maximum Gasteiger partial charge on any atom is 0.243 e. The molecule has 0 aliphatic rings. The highest BCUT2D eigenvalue weighted by Crippen LogP contribution is 2.20. The number of nitrogens with one attached hydrogen (secondary N) is 1. The second-order valence-corrected chi connectivity index (χ2v) is 6.72. The summed E-state index contributed by atoms with van der Waals surface area (Å²) in [6.07, 6.45) is 5.48. The van der Waals surface area contributed by atoms with E-state index in [0.717, 1.165) is 47.6 Å². The molecule has 150 valence electrons. The fourth-order valence-corrected chi connectivity index (χ4v) is 3.31. The summed E-state index contributed by atoms with van der Waals surface area (Å²) in [5, 5.41) is 2.82. The Kier molecular flexibility index (Phi) is 7.22. The molecular weight excluding hydrogens is 362 g/mol. The van der Waals surface area contributed by atoms with E-state index in [-0.39, 0.29) is 5.91 Å². The number of amides is 1. The van der Waals surface area contributed by atoms with Gasteiger partial charge in [-0.2, -0.15) is 0 Å². The Morgan fingerprint density at radius 3 is 2.76 bits per heavy atom. The van der Waals surface area contributed by atoms with Crippen LogP contribution in [-0.2, 0) is 24.2 Å². The normalized spacial score (nSPS) is 10.6. The number of aryl methyl sites for hydroxylation is 1. The highest BCUT2D eigenvalue weighted by Gasteiger charge is 2.10. The summed E-state index contributed by atoms with van der Waals surface area (Å²) in [4.78, 5) is 16.1. The zero-order chi connectivity index (χ0) is 20.5. The molecule has 0 unspecified atom stereocenters. The first-order valence-corrected chi connectivity index (χ1v) is 9.89. The van der Waals surface area contributed by atoms with Gasteiger partial charge in [0.25, 0.3) is 0 Å². The van der Waals surface area contributed by atoms with Gasteiger partial charge in [-0.1, -0.05) is 43.0 Å². The lowest BCUT2D eigenvalue weighted by Gasteiger charge is -2.12. The van der Waals surface area contributed by atoms with Gasteiger partial charge in [-0.3, -0.25) is 4.79 Å². The Balaban J connectivity index is 1.64. The number of hydrogen-bond acceptors (Lipinski definition) is 3. The number of hydrogen-bond donors (Lipinski definition) is 1. The summed E-state index contributed by atoms with van der Waals surface area (Å²) in [5.74, 6) is 1.71. The Labute approximate surface area is 171 Å². The minimum Gasteiger partial charge on any atom is -0.493 e. The molecule has 29 heavy (non-hydrogen) atoms. The first-order valence-electron chi connectivity index (χ1n) is 9.89. The molecule has 0 bridgehead atoms. The van der Waals surface area contributed by atoms with Gasteiger partial charge in [-0.05, 0) is 42.7 Å². The van der Waals surface area contributed by atoms with Crippen molar-refractivity contribution in [3.8, 4) is 5.75 Å². The Morgan fingerprint density at radius 2 is 1.93 bits per heavy atom. The van der Waals surface area contributed by atoms with Crippen LogP contribution in [0.15, 0.2) is 73.8 Å². The maximum absolute atomic E-state index is 11.4. The highest BCUT2D eigenvalue weighted by molar-refractivity contribution is 5.86. The van der Waals surface area contributed by atoms with Crippen LogP contribution in [0.2, 0.25) is 0 Å². The molecule has 0 atom stereocenters. The fraction of sp³-hybridized carbons (Fsp3) is 0.250. The second kappa shape index (κ2) is 10.3. The van der Waals surface area contributed by atoms with E-state index in [2.05, 4.69) is 35.2 Å². The van der Waals surface area contributed by atoms with Gasteiger partial charge in [-0.25, -0.2) is 4.98 Å². The standard InChI is InChI=1S/C24H27N3O2/c1-3-10-19-11-5-8-14-22(19)29-18-9-17-27-21-13-7-6-12-20(21)26-23(27)15-16-25-24(28)4-2/h3-8,11-14H,1-2,9-10,15-18H2,(H,25,28). The van der Waals surface area contributed by atoms with Crippen molar-refractivity contribution in [1.29, 1.82) is 0 Å². The molecule has 3 aromatic rings. The third kappa shape index (κ3) is 5.35. The van der Waals surface area contributed by atoms with Gasteiger partial charge in [-0.15, -0.1) is 6.58 Å². The number of carbonyl (C=O) groups excluding carboxylic acids is 1. The van der Waals surface area contributed by atoms with Crippen LogP contribution >= 0.6 is 0 Å². The average molecular weight is 389 g/mol. The van der Waals surface area contributed by atoms with Gasteiger partial charge in [0.2, 0.25) is 5.91 Å². The number of nitrogens with zero attached hydrogens (tertiary/aromatic N) is 2. The highest BCUT2D eigenvalue weighted by atomic mass is 16.5. The minimum atomic E-state index is -0.167. The van der Waals surface area contributed by atoms with E-state index in [1.54, 1.807) is 0 Å². The summed E-state index contributed by atoms with van der Waals surface area (Å²) in [6, 6.07) is 16.2. The Hall–Kier alpha value is -3.34. The van der Waals surface area contributed by atoms with Crippen LogP contribution in [0.25, 0.3) is 11.0 Å². The number of ether oxygens (including phenoxy) is 1. The number of benzene rings is 2. The van der Waals surface area contributed by atoms with E-state index in [9.17, 15) is 4.79 Å². The number of aromatic nitrogens is 2. The third-order valence-electron chi connectivity index (χ3n) is 4.69. The Morgan fingerprint density at radius 1 is 1.14 bits per heavy atom. The number of imidazole rings is 1. The maximum atomic E-state index is 11.4. The molecule has 3 rings (SSSR count). The van der Waals surface area contributed by atoms with E-state index in [0.29, 0.717) is 19.6 Å². The van der Waals surface area contributed by atoms with Crippen LogP contribution in [0.3, 0.4) is 0 Å². The number of fused-ring (bicyclic) bond motifs is 1. The van der Waals surface area contributed by atoms with Crippen molar-refractivity contribution in [2.75, 3.05) is 13.2 Å². The SMILES string of the molecule is C=CCc1ccccc1OCCCn1c(CCNC(=O)C=C)nc2ccccc21. The molecule has 1 heterocycles. The Bertz CT molecular complexity index is 991. The van der Waals surface area contributed by atoms with Crippen molar-refractivity contribution in [1.82, 2.24) is 14.9 Å². The zero-order valence-electron chi connectivity index (χ0n) is 16.6. The van der Waals surface area contributed by atoms with Crippen molar-refractivity contribution in [2.45, 2.75) is 25.8 Å². The van der Waals surface area contributed by atoms with Crippen LogP contribution in [0.5, 0.6) is 5.75 Å². The summed E-state index contributed by atoms with van der Waals surface area (Å²) in [7, 11) is 0. The number of allylic oxidation sites excluding steroid dienone is 1. The van der Waals surface area contributed by atoms with Crippen LogP contribution < -0.4 is 10.1 Å². The second-order valence-electron chi connectivity index (χ2n) is 6.72. The molecule has 1 amide bonds. The molecule has 0 aliphatic heterocycles. The van der Waals surface area contributed by atoms with Gasteiger partial charge in [0.15, 0.2) is 0 Å². The van der Waals surface area contributed by atoms with Crippen molar-refractivity contribution < 1.29 is 9.53 Å². The van der Waals surface area contributed by atoms with Gasteiger partial charge >= 0.3 is 0 Å². The van der Waals surface area contributed by atoms with E-state index in [1.165, 1.54) is 6.08 Å². The van der Waals surface area contributed by atoms with E-state index in [1.807, 2.05) is 42.5 Å². The topological polar surface area (TPSA) is 56.1 Å². The molecule has 0 radical (unpaired) electrons. The molecule has 5 nitrogen and oxygen atoms in total. The lowest BCUT2D eigenvalue weighted by atomic mass is 10.1. The largest absolute Gasteiger partial charge is 0.493 e. The first-order chi connectivity index (χ1) is 14.2. The fourth-order valence-electron chi connectivity index (χ4n) is 3.31. The molecule has 1 N–H and O–H groups in total. The number of rotatable bonds is 11. The molecule has 0 saturated carbocycles. The van der Waals surface area contributed by atoms with Crippen molar-refractivity contribution >= 4 is 16.9 Å². The molecule has 5 heteroatoms. The van der Waals surface area contributed by atoms with Crippen LogP contribution in [-0.4, -0.2) is 28.6 Å². The van der Waals surface area contributed by atoms with Crippen molar-refractivity contribution in [3.05, 3.63) is 85.2 Å².